The fourth-order valence-corrected chi connectivity index (χ4v) is 3.52. The second-order valence-corrected chi connectivity index (χ2v) is 6.27. The zero-order valence-corrected chi connectivity index (χ0v) is 12.8. The number of amides is 1. The van der Waals surface area contributed by atoms with E-state index in [1.54, 1.807) is 11.3 Å². The highest BCUT2D eigenvalue weighted by Crippen LogP contribution is 2.33. The van der Waals surface area contributed by atoms with Gasteiger partial charge in [0.25, 0.3) is 0 Å². The molecule has 0 radical (unpaired) electrons. The smallest absolute Gasteiger partial charge is 0.229 e. The SMILES string of the molecule is Cc1nc(NC(=O)[C@@H]2CC=CCC2)sc1-c1ccccc1. The summed E-state index contributed by atoms with van der Waals surface area (Å²) in [5, 5.41) is 3.68. The molecule has 1 N–H and O–H groups in total. The first-order chi connectivity index (χ1) is 10.2. The van der Waals surface area contributed by atoms with Gasteiger partial charge in [-0.2, -0.15) is 0 Å². The van der Waals surface area contributed by atoms with Crippen LogP contribution >= 0.6 is 11.3 Å². The van der Waals surface area contributed by atoms with E-state index in [0.717, 1.165) is 35.4 Å². The van der Waals surface area contributed by atoms with Gasteiger partial charge in [0.15, 0.2) is 5.13 Å². The number of aryl methyl sites for hydroxylation is 1. The summed E-state index contributed by atoms with van der Waals surface area (Å²) in [5.41, 5.74) is 2.11. The number of carbonyl (C=O) groups excluding carboxylic acids is 1. The van der Waals surface area contributed by atoms with Gasteiger partial charge < -0.3 is 5.32 Å². The normalized spacial score (nSPS) is 17.7. The van der Waals surface area contributed by atoms with E-state index in [9.17, 15) is 4.79 Å². The quantitative estimate of drug-likeness (QED) is 0.853. The summed E-state index contributed by atoms with van der Waals surface area (Å²) < 4.78 is 0. The van der Waals surface area contributed by atoms with Gasteiger partial charge in [0.1, 0.15) is 0 Å². The second-order valence-electron chi connectivity index (χ2n) is 5.27. The van der Waals surface area contributed by atoms with Crippen molar-refractivity contribution in [1.82, 2.24) is 4.98 Å². The average molecular weight is 298 g/mol. The van der Waals surface area contributed by atoms with E-state index in [4.69, 9.17) is 0 Å². The molecule has 0 aliphatic heterocycles. The predicted octanol–water partition coefficient (Wildman–Crippen LogP) is 4.41. The molecule has 108 valence electrons. The number of nitrogens with zero attached hydrogens (tertiary/aromatic N) is 1. The summed E-state index contributed by atoms with van der Waals surface area (Å²) in [4.78, 5) is 17.9. The van der Waals surface area contributed by atoms with Crippen molar-refractivity contribution < 1.29 is 4.79 Å². The number of aromatic nitrogens is 1. The van der Waals surface area contributed by atoms with Gasteiger partial charge in [-0.15, -0.1) is 0 Å². The summed E-state index contributed by atoms with van der Waals surface area (Å²) in [6, 6.07) is 10.2. The molecule has 0 fully saturated rings. The van der Waals surface area contributed by atoms with Crippen molar-refractivity contribution >= 4 is 22.4 Å². The Balaban J connectivity index is 1.75. The molecule has 1 aromatic carbocycles. The Morgan fingerprint density at radius 2 is 2.10 bits per heavy atom. The van der Waals surface area contributed by atoms with E-state index >= 15 is 0 Å². The summed E-state index contributed by atoms with van der Waals surface area (Å²) in [5.74, 6) is 0.173. The summed E-state index contributed by atoms with van der Waals surface area (Å²) in [6.45, 7) is 1.98. The molecule has 1 heterocycles. The Morgan fingerprint density at radius 1 is 1.29 bits per heavy atom. The monoisotopic (exact) mass is 298 g/mol. The fourth-order valence-electron chi connectivity index (χ4n) is 2.55. The average Bonchev–Trinajstić information content (AvgIpc) is 2.89. The van der Waals surface area contributed by atoms with Crippen molar-refractivity contribution in [2.75, 3.05) is 5.32 Å². The van der Waals surface area contributed by atoms with Crippen LogP contribution < -0.4 is 5.32 Å². The summed E-state index contributed by atoms with van der Waals surface area (Å²) in [6.07, 6.45) is 6.99. The maximum Gasteiger partial charge on any atom is 0.229 e. The van der Waals surface area contributed by atoms with E-state index < -0.39 is 0 Å². The zero-order valence-electron chi connectivity index (χ0n) is 12.0. The van der Waals surface area contributed by atoms with Crippen LogP contribution in [0.1, 0.15) is 25.0 Å². The number of benzene rings is 1. The number of allylic oxidation sites excluding steroid dienone is 2. The lowest BCUT2D eigenvalue weighted by atomic mass is 9.94. The van der Waals surface area contributed by atoms with Crippen molar-refractivity contribution in [1.29, 1.82) is 0 Å². The van der Waals surface area contributed by atoms with Gasteiger partial charge in [0.05, 0.1) is 10.6 Å². The zero-order chi connectivity index (χ0) is 14.7. The lowest BCUT2D eigenvalue weighted by Crippen LogP contribution is -2.23. The van der Waals surface area contributed by atoms with Crippen molar-refractivity contribution in [2.24, 2.45) is 5.92 Å². The van der Waals surface area contributed by atoms with Gasteiger partial charge in [-0.25, -0.2) is 4.98 Å². The minimum Gasteiger partial charge on any atom is -0.302 e. The number of carbonyl (C=O) groups is 1. The topological polar surface area (TPSA) is 42.0 Å². The number of rotatable bonds is 3. The molecule has 1 atom stereocenters. The van der Waals surface area contributed by atoms with Gasteiger partial charge in [-0.1, -0.05) is 53.8 Å². The Morgan fingerprint density at radius 3 is 2.81 bits per heavy atom. The molecule has 0 saturated heterocycles. The predicted molar refractivity (Wildman–Crippen MR) is 87.4 cm³/mol. The van der Waals surface area contributed by atoms with Gasteiger partial charge in [-0.3, -0.25) is 4.79 Å². The molecule has 0 spiro atoms. The lowest BCUT2D eigenvalue weighted by Gasteiger charge is -2.15. The number of hydrogen-bond acceptors (Lipinski definition) is 3. The molecular formula is C17H18N2OS. The minimum atomic E-state index is 0.0828. The highest BCUT2D eigenvalue weighted by atomic mass is 32.1. The highest BCUT2D eigenvalue weighted by Gasteiger charge is 2.20. The minimum absolute atomic E-state index is 0.0828. The van der Waals surface area contributed by atoms with Crippen LogP contribution in [-0.4, -0.2) is 10.9 Å². The maximum absolute atomic E-state index is 12.2. The number of thiazole rings is 1. The molecule has 0 unspecified atom stereocenters. The number of anilines is 1. The third-order valence-electron chi connectivity index (χ3n) is 3.70. The Hall–Kier alpha value is -1.94. The van der Waals surface area contributed by atoms with E-state index in [1.165, 1.54) is 0 Å². The molecule has 4 heteroatoms. The van der Waals surface area contributed by atoms with Crippen LogP contribution in [0.2, 0.25) is 0 Å². The third kappa shape index (κ3) is 3.22. The van der Waals surface area contributed by atoms with Crippen LogP contribution in [0.5, 0.6) is 0 Å². The maximum atomic E-state index is 12.2. The lowest BCUT2D eigenvalue weighted by molar-refractivity contribution is -0.120. The second kappa shape index (κ2) is 6.22. The summed E-state index contributed by atoms with van der Waals surface area (Å²) in [7, 11) is 0. The Kier molecular flexibility index (Phi) is 4.15. The van der Waals surface area contributed by atoms with E-state index in [-0.39, 0.29) is 11.8 Å². The van der Waals surface area contributed by atoms with E-state index in [2.05, 4.69) is 34.6 Å². The van der Waals surface area contributed by atoms with Gasteiger partial charge in [0.2, 0.25) is 5.91 Å². The molecule has 1 aromatic heterocycles. The first kappa shape index (κ1) is 14.0. The number of nitrogens with one attached hydrogen (secondary N) is 1. The van der Waals surface area contributed by atoms with Gasteiger partial charge in [-0.05, 0) is 31.7 Å². The number of hydrogen-bond donors (Lipinski definition) is 1. The van der Waals surface area contributed by atoms with Crippen LogP contribution in [0.15, 0.2) is 42.5 Å². The van der Waals surface area contributed by atoms with Gasteiger partial charge in [0, 0.05) is 5.92 Å². The van der Waals surface area contributed by atoms with E-state index in [1.807, 2.05) is 25.1 Å². The molecule has 3 rings (SSSR count). The largest absolute Gasteiger partial charge is 0.302 e. The Bertz CT molecular complexity index is 661. The Labute approximate surface area is 128 Å². The first-order valence-electron chi connectivity index (χ1n) is 7.23. The van der Waals surface area contributed by atoms with Gasteiger partial charge >= 0.3 is 0 Å². The highest BCUT2D eigenvalue weighted by molar-refractivity contribution is 7.19. The van der Waals surface area contributed by atoms with Crippen LogP contribution in [0, 0.1) is 12.8 Å². The fraction of sp³-hybridized carbons (Fsp3) is 0.294. The molecule has 3 nitrogen and oxygen atoms in total. The van der Waals surface area contributed by atoms with Crippen molar-refractivity contribution in [3.8, 4) is 10.4 Å². The molecule has 0 bridgehead atoms. The molecule has 0 saturated carbocycles. The first-order valence-corrected chi connectivity index (χ1v) is 8.04. The summed E-state index contributed by atoms with van der Waals surface area (Å²) >= 11 is 1.54. The van der Waals surface area contributed by atoms with Crippen LogP contribution in [0.25, 0.3) is 10.4 Å². The molecular weight excluding hydrogens is 280 g/mol. The molecule has 1 aliphatic carbocycles. The van der Waals surface area contributed by atoms with Crippen molar-refractivity contribution in [2.45, 2.75) is 26.2 Å². The molecule has 2 aromatic rings. The molecule has 21 heavy (non-hydrogen) atoms. The third-order valence-corrected chi connectivity index (χ3v) is 4.82. The van der Waals surface area contributed by atoms with Crippen LogP contribution in [0.4, 0.5) is 5.13 Å². The van der Waals surface area contributed by atoms with Crippen molar-refractivity contribution in [3.05, 3.63) is 48.2 Å². The van der Waals surface area contributed by atoms with Crippen molar-refractivity contribution in [3.63, 3.8) is 0 Å². The molecule has 1 aliphatic rings. The van der Waals surface area contributed by atoms with Crippen LogP contribution in [0.3, 0.4) is 0 Å². The molecule has 1 amide bonds. The standard InChI is InChI=1S/C17H18N2OS/c1-12-15(13-8-4-2-5-9-13)21-17(18-12)19-16(20)14-10-6-3-7-11-14/h2-6,8-9,14H,7,10-11H2,1H3,(H,18,19,20)/t14-/m1/s1. The van der Waals surface area contributed by atoms with Crippen LogP contribution in [-0.2, 0) is 4.79 Å². The van der Waals surface area contributed by atoms with E-state index in [0.29, 0.717) is 5.13 Å².